The normalized spacial score (nSPS) is 18.2. The Labute approximate surface area is 123 Å². The van der Waals surface area contributed by atoms with Gasteiger partial charge in [-0.1, -0.05) is 0 Å². The van der Waals surface area contributed by atoms with Gasteiger partial charge in [-0.25, -0.2) is 0 Å². The third-order valence-electron chi connectivity index (χ3n) is 3.28. The second kappa shape index (κ2) is 7.01. The van der Waals surface area contributed by atoms with E-state index in [4.69, 9.17) is 4.74 Å². The highest BCUT2D eigenvalue weighted by Gasteiger charge is 2.25. The van der Waals surface area contributed by atoms with E-state index in [-0.39, 0.29) is 24.5 Å². The van der Waals surface area contributed by atoms with Gasteiger partial charge in [0.2, 0.25) is 17.7 Å². The minimum atomic E-state index is -0.205. The van der Waals surface area contributed by atoms with Crippen LogP contribution in [0.2, 0.25) is 0 Å². The van der Waals surface area contributed by atoms with Gasteiger partial charge in [-0.2, -0.15) is 5.10 Å². The van der Waals surface area contributed by atoms with Gasteiger partial charge >= 0.3 is 0 Å². The van der Waals surface area contributed by atoms with Crippen molar-refractivity contribution < 1.29 is 14.3 Å². The van der Waals surface area contributed by atoms with Crippen LogP contribution in [0.4, 0.5) is 0 Å². The Morgan fingerprint density at radius 3 is 2.90 bits per heavy atom. The zero-order valence-corrected chi connectivity index (χ0v) is 12.3. The van der Waals surface area contributed by atoms with Crippen LogP contribution in [0, 0.1) is 6.92 Å². The Balaban J connectivity index is 1.86. The molecule has 2 rings (SSSR count). The lowest BCUT2D eigenvalue weighted by Crippen LogP contribution is -2.47. The van der Waals surface area contributed by atoms with Crippen molar-refractivity contribution in [2.24, 2.45) is 0 Å². The van der Waals surface area contributed by atoms with E-state index >= 15 is 0 Å². The van der Waals surface area contributed by atoms with Crippen molar-refractivity contribution in [2.45, 2.75) is 32.8 Å². The highest BCUT2D eigenvalue weighted by molar-refractivity contribution is 5.83. The second-order valence-electron chi connectivity index (χ2n) is 5.14. The van der Waals surface area contributed by atoms with Gasteiger partial charge in [0.05, 0.1) is 18.8 Å². The van der Waals surface area contributed by atoms with E-state index in [9.17, 15) is 9.59 Å². The molecule has 1 saturated heterocycles. The fourth-order valence-electron chi connectivity index (χ4n) is 2.19. The maximum atomic E-state index is 12.0. The van der Waals surface area contributed by atoms with Gasteiger partial charge in [-0.15, -0.1) is 5.10 Å². The van der Waals surface area contributed by atoms with Gasteiger partial charge in [0.25, 0.3) is 0 Å². The Kier molecular flexibility index (Phi) is 5.08. The maximum absolute atomic E-state index is 12.0. The number of aryl methyl sites for hydroxylation is 1. The molecular weight excluding hydrogens is 272 g/mol. The molecule has 1 N–H and O–H groups in total. The zero-order valence-electron chi connectivity index (χ0n) is 12.3. The monoisotopic (exact) mass is 292 g/mol. The molecule has 2 amide bonds. The number of piperidine rings is 1. The summed E-state index contributed by atoms with van der Waals surface area (Å²) in [4.78, 5) is 24.5. The van der Waals surface area contributed by atoms with Crippen LogP contribution in [-0.2, 0) is 9.59 Å². The number of ether oxygens (including phenoxy) is 1. The van der Waals surface area contributed by atoms with Crippen LogP contribution in [0.5, 0.6) is 5.88 Å². The fourth-order valence-corrected chi connectivity index (χ4v) is 2.19. The standard InChI is InChI=1S/C14H20N4O3/c1-10-5-6-13(17-16-10)21-12-4-3-7-18(9-12)14(20)8-15-11(2)19/h5-6,12H,3-4,7-9H2,1-2H3,(H,15,19)/t12-/m0/s1. The van der Waals surface area contributed by atoms with E-state index < -0.39 is 0 Å². The van der Waals surface area contributed by atoms with E-state index in [1.165, 1.54) is 6.92 Å². The molecule has 21 heavy (non-hydrogen) atoms. The second-order valence-corrected chi connectivity index (χ2v) is 5.14. The van der Waals surface area contributed by atoms with Gasteiger partial charge in [-0.05, 0) is 25.8 Å². The first-order valence-corrected chi connectivity index (χ1v) is 7.04. The number of nitrogens with one attached hydrogen (secondary N) is 1. The SMILES string of the molecule is CC(=O)NCC(=O)N1CCC[C@H](Oc2ccc(C)nn2)C1. The lowest BCUT2D eigenvalue weighted by molar-refractivity contribution is -0.134. The minimum absolute atomic E-state index is 0.0341. The molecule has 0 spiro atoms. The Hall–Kier alpha value is -2.18. The third-order valence-corrected chi connectivity index (χ3v) is 3.28. The molecule has 2 heterocycles. The largest absolute Gasteiger partial charge is 0.471 e. The number of nitrogens with zero attached hydrogens (tertiary/aromatic N) is 3. The summed E-state index contributed by atoms with van der Waals surface area (Å²) >= 11 is 0. The van der Waals surface area contributed by atoms with Crippen LogP contribution >= 0.6 is 0 Å². The van der Waals surface area contributed by atoms with Gasteiger partial charge in [0.15, 0.2) is 0 Å². The number of hydrogen-bond acceptors (Lipinski definition) is 5. The highest BCUT2D eigenvalue weighted by Crippen LogP contribution is 2.16. The van der Waals surface area contributed by atoms with Crippen molar-refractivity contribution in [3.05, 3.63) is 17.8 Å². The Morgan fingerprint density at radius 2 is 2.24 bits per heavy atom. The molecule has 1 aromatic rings. The summed E-state index contributed by atoms with van der Waals surface area (Å²) < 4.78 is 5.76. The quantitative estimate of drug-likeness (QED) is 0.862. The predicted molar refractivity (Wildman–Crippen MR) is 75.7 cm³/mol. The summed E-state index contributed by atoms with van der Waals surface area (Å²) in [6, 6.07) is 3.62. The Bertz CT molecular complexity index is 503. The van der Waals surface area contributed by atoms with Crippen LogP contribution in [0.3, 0.4) is 0 Å². The summed E-state index contributed by atoms with van der Waals surface area (Å²) in [5.74, 6) is 0.179. The highest BCUT2D eigenvalue weighted by atomic mass is 16.5. The number of likely N-dealkylation sites (tertiary alicyclic amines) is 1. The molecule has 0 unspecified atom stereocenters. The number of carbonyl (C=O) groups is 2. The summed E-state index contributed by atoms with van der Waals surface area (Å²) in [7, 11) is 0. The summed E-state index contributed by atoms with van der Waals surface area (Å²) in [6.07, 6.45) is 1.66. The molecule has 1 fully saturated rings. The first kappa shape index (κ1) is 15.2. The molecule has 7 nitrogen and oxygen atoms in total. The molecule has 1 aromatic heterocycles. The average molecular weight is 292 g/mol. The fraction of sp³-hybridized carbons (Fsp3) is 0.571. The number of rotatable bonds is 4. The van der Waals surface area contributed by atoms with Crippen LogP contribution in [0.25, 0.3) is 0 Å². The van der Waals surface area contributed by atoms with Crippen LogP contribution in [-0.4, -0.2) is 52.6 Å². The Morgan fingerprint density at radius 1 is 1.43 bits per heavy atom. The zero-order chi connectivity index (χ0) is 15.2. The number of hydrogen-bond donors (Lipinski definition) is 1. The molecular formula is C14H20N4O3. The van der Waals surface area contributed by atoms with E-state index in [1.54, 1.807) is 11.0 Å². The van der Waals surface area contributed by atoms with Gasteiger partial charge in [-0.3, -0.25) is 9.59 Å². The predicted octanol–water partition coefficient (Wildman–Crippen LogP) is 0.291. The van der Waals surface area contributed by atoms with Crippen molar-refractivity contribution in [2.75, 3.05) is 19.6 Å². The first-order valence-electron chi connectivity index (χ1n) is 7.04. The number of carbonyl (C=O) groups excluding carboxylic acids is 2. The summed E-state index contributed by atoms with van der Waals surface area (Å²) in [6.45, 7) is 4.49. The molecule has 1 aliphatic heterocycles. The van der Waals surface area contributed by atoms with Crippen molar-refractivity contribution >= 4 is 11.8 Å². The minimum Gasteiger partial charge on any atom is -0.471 e. The lowest BCUT2D eigenvalue weighted by atomic mass is 10.1. The lowest BCUT2D eigenvalue weighted by Gasteiger charge is -2.32. The molecule has 0 radical (unpaired) electrons. The molecule has 1 atom stereocenters. The van der Waals surface area contributed by atoms with Crippen LogP contribution in [0.1, 0.15) is 25.5 Å². The van der Waals surface area contributed by atoms with E-state index in [2.05, 4.69) is 15.5 Å². The van der Waals surface area contributed by atoms with Crippen molar-refractivity contribution in [1.29, 1.82) is 0 Å². The summed E-state index contributed by atoms with van der Waals surface area (Å²) in [5.41, 5.74) is 0.832. The molecule has 1 aliphatic rings. The average Bonchev–Trinajstić information content (AvgIpc) is 2.47. The molecule has 114 valence electrons. The van der Waals surface area contributed by atoms with Gasteiger partial charge < -0.3 is 15.0 Å². The number of aromatic nitrogens is 2. The van der Waals surface area contributed by atoms with Crippen molar-refractivity contribution in [3.8, 4) is 5.88 Å². The molecule has 7 heteroatoms. The maximum Gasteiger partial charge on any atom is 0.242 e. The number of amides is 2. The smallest absolute Gasteiger partial charge is 0.242 e. The van der Waals surface area contributed by atoms with Crippen LogP contribution < -0.4 is 10.1 Å². The van der Waals surface area contributed by atoms with E-state index in [1.807, 2.05) is 13.0 Å². The van der Waals surface area contributed by atoms with Crippen molar-refractivity contribution in [3.63, 3.8) is 0 Å². The molecule has 0 saturated carbocycles. The van der Waals surface area contributed by atoms with E-state index in [0.29, 0.717) is 19.0 Å². The van der Waals surface area contributed by atoms with E-state index in [0.717, 1.165) is 18.5 Å². The molecule has 0 aliphatic carbocycles. The van der Waals surface area contributed by atoms with Gasteiger partial charge in [0, 0.05) is 19.5 Å². The topological polar surface area (TPSA) is 84.4 Å². The third kappa shape index (κ3) is 4.70. The van der Waals surface area contributed by atoms with Gasteiger partial charge in [0.1, 0.15) is 6.10 Å². The molecule has 0 aromatic carbocycles. The first-order chi connectivity index (χ1) is 10.0. The molecule has 0 bridgehead atoms. The summed E-state index contributed by atoms with van der Waals surface area (Å²) in [5, 5.41) is 10.4. The van der Waals surface area contributed by atoms with Crippen molar-refractivity contribution in [1.82, 2.24) is 20.4 Å². The van der Waals surface area contributed by atoms with Crippen LogP contribution in [0.15, 0.2) is 12.1 Å².